The lowest BCUT2D eigenvalue weighted by atomic mass is 9.98. The molecule has 0 aromatic heterocycles. The molecule has 0 amide bonds. The molecule has 1 atom stereocenters. The summed E-state index contributed by atoms with van der Waals surface area (Å²) in [5.74, 6) is -0.609. The predicted molar refractivity (Wildman–Crippen MR) is 113 cm³/mol. The quantitative estimate of drug-likeness (QED) is 0.411. The lowest BCUT2D eigenvalue weighted by Gasteiger charge is -2.22. The van der Waals surface area contributed by atoms with Crippen LogP contribution in [0.2, 0.25) is 25.7 Å². The second-order valence-electron chi connectivity index (χ2n) is 7.80. The smallest absolute Gasteiger partial charge is 0.335 e. The number of ether oxygens (including phenoxy) is 1. The second-order valence-corrected chi connectivity index (χ2v) is 15.3. The van der Waals surface area contributed by atoms with Crippen molar-refractivity contribution >= 4 is 34.8 Å². The molecule has 146 valence electrons. The zero-order valence-electron chi connectivity index (χ0n) is 16.3. The van der Waals surface area contributed by atoms with Gasteiger partial charge in [-0.2, -0.15) is 0 Å². The maximum Gasteiger partial charge on any atom is 0.335 e. The highest BCUT2D eigenvalue weighted by Gasteiger charge is 2.28. The topological polar surface area (TPSA) is 72.5 Å². The number of carbonyl (C=O) groups excluding carboxylic acids is 1. The van der Waals surface area contributed by atoms with E-state index in [1.807, 2.05) is 42.5 Å². The first kappa shape index (κ1) is 21.3. The van der Waals surface area contributed by atoms with Crippen molar-refractivity contribution in [2.75, 3.05) is 12.9 Å². The van der Waals surface area contributed by atoms with Crippen LogP contribution < -0.4 is 4.72 Å². The van der Waals surface area contributed by atoms with Gasteiger partial charge >= 0.3 is 5.97 Å². The number of sulfonamides is 1. The fourth-order valence-electron chi connectivity index (χ4n) is 2.66. The Morgan fingerprint density at radius 2 is 1.78 bits per heavy atom. The predicted octanol–water partition coefficient (Wildman–Crippen LogP) is 3.87. The van der Waals surface area contributed by atoms with Gasteiger partial charge < -0.3 is 4.74 Å². The Balaban J connectivity index is 2.38. The van der Waals surface area contributed by atoms with Gasteiger partial charge in [0.1, 0.15) is 0 Å². The third kappa shape index (κ3) is 6.02. The van der Waals surface area contributed by atoms with Crippen LogP contribution in [-0.2, 0) is 19.6 Å². The summed E-state index contributed by atoms with van der Waals surface area (Å²) in [6, 6.07) is 13.1. The van der Waals surface area contributed by atoms with Gasteiger partial charge in [0.2, 0.25) is 10.0 Å². The number of hydrogen-bond donors (Lipinski definition) is 1. The molecule has 2 aromatic carbocycles. The van der Waals surface area contributed by atoms with Gasteiger partial charge in [0.15, 0.2) is 0 Å². The van der Waals surface area contributed by atoms with Crippen LogP contribution in [0, 0.1) is 0 Å². The van der Waals surface area contributed by atoms with E-state index in [2.05, 4.69) is 30.9 Å². The molecule has 0 fully saturated rings. The second kappa shape index (κ2) is 8.37. The first-order valence-electron chi connectivity index (χ1n) is 8.78. The third-order valence-corrected chi connectivity index (χ3v) is 7.77. The molecular formula is C20H27NO4SSi. The van der Waals surface area contributed by atoms with Gasteiger partial charge in [-0.15, -0.1) is 0 Å². The summed E-state index contributed by atoms with van der Waals surface area (Å²) < 4.78 is 32.7. The summed E-state index contributed by atoms with van der Waals surface area (Å²) in [6.07, 6.45) is 0. The Labute approximate surface area is 162 Å². The van der Waals surface area contributed by atoms with E-state index in [0.717, 1.165) is 10.8 Å². The summed E-state index contributed by atoms with van der Waals surface area (Å²) in [4.78, 5) is 12.0. The van der Waals surface area contributed by atoms with Gasteiger partial charge in [-0.1, -0.05) is 62.6 Å². The Kier molecular flexibility index (Phi) is 6.62. The lowest BCUT2D eigenvalue weighted by molar-refractivity contribution is -0.136. The first-order chi connectivity index (χ1) is 12.5. The van der Waals surface area contributed by atoms with Crippen LogP contribution in [0.5, 0.6) is 0 Å². The first-order valence-corrected chi connectivity index (χ1v) is 14.1. The number of nitrogens with one attached hydrogen (secondary N) is 1. The molecule has 5 nitrogen and oxygen atoms in total. The molecule has 2 rings (SSSR count). The van der Waals surface area contributed by atoms with Gasteiger partial charge in [0.25, 0.3) is 0 Å². The fourth-order valence-corrected chi connectivity index (χ4v) is 6.94. The molecule has 0 aliphatic carbocycles. The largest absolute Gasteiger partial charge is 0.466 e. The van der Waals surface area contributed by atoms with Crippen LogP contribution in [0.25, 0.3) is 10.8 Å². The zero-order chi connectivity index (χ0) is 20.2. The van der Waals surface area contributed by atoms with Gasteiger partial charge in [-0.3, -0.25) is 0 Å². The maximum atomic E-state index is 12.7. The molecule has 2 aromatic rings. The minimum absolute atomic E-state index is 0.0290. The Hall–Kier alpha value is -1.96. The van der Waals surface area contributed by atoms with Crippen LogP contribution in [-0.4, -0.2) is 35.3 Å². The van der Waals surface area contributed by atoms with Crippen molar-refractivity contribution in [3.8, 4) is 0 Å². The van der Waals surface area contributed by atoms with Crippen LogP contribution in [0.15, 0.2) is 54.6 Å². The Bertz CT molecular complexity index is 948. The van der Waals surface area contributed by atoms with Gasteiger partial charge in [0, 0.05) is 8.07 Å². The summed E-state index contributed by atoms with van der Waals surface area (Å²) in [7, 11) is -3.85. The molecule has 0 bridgehead atoms. The molecule has 0 heterocycles. The molecular weight excluding hydrogens is 378 g/mol. The number of rotatable bonds is 8. The minimum atomic E-state index is -3.59. The average molecular weight is 406 g/mol. The molecule has 1 N–H and O–H groups in total. The number of hydrogen-bond acceptors (Lipinski definition) is 4. The van der Waals surface area contributed by atoms with Gasteiger partial charge in [-0.25, -0.2) is 17.9 Å². The van der Waals surface area contributed by atoms with Crippen LogP contribution in [0.3, 0.4) is 0 Å². The molecule has 0 saturated heterocycles. The molecule has 0 aliphatic rings. The summed E-state index contributed by atoms with van der Waals surface area (Å²) in [5, 5.41) is 1.99. The molecule has 0 saturated carbocycles. The van der Waals surface area contributed by atoms with Crippen LogP contribution >= 0.6 is 0 Å². The highest BCUT2D eigenvalue weighted by Crippen LogP contribution is 2.26. The van der Waals surface area contributed by atoms with Crippen molar-refractivity contribution in [1.29, 1.82) is 0 Å². The lowest BCUT2D eigenvalue weighted by Crippen LogP contribution is -2.35. The number of esters is 1. The monoisotopic (exact) mass is 405 g/mol. The molecule has 7 heteroatoms. The van der Waals surface area contributed by atoms with Crippen molar-refractivity contribution in [2.45, 2.75) is 31.7 Å². The van der Waals surface area contributed by atoms with E-state index in [1.54, 1.807) is 0 Å². The zero-order valence-corrected chi connectivity index (χ0v) is 18.1. The molecule has 0 spiro atoms. The van der Waals surface area contributed by atoms with Gasteiger partial charge in [0.05, 0.1) is 24.5 Å². The van der Waals surface area contributed by atoms with Crippen LogP contribution in [0.1, 0.15) is 11.6 Å². The minimum Gasteiger partial charge on any atom is -0.466 e. The average Bonchev–Trinajstić information content (AvgIpc) is 2.62. The maximum absolute atomic E-state index is 12.7. The summed E-state index contributed by atoms with van der Waals surface area (Å²) >= 11 is 0. The van der Waals surface area contributed by atoms with E-state index in [9.17, 15) is 13.2 Å². The molecule has 27 heavy (non-hydrogen) atoms. The SMILES string of the molecule is C=C(C(=O)OC)C(NS(=O)(=O)CC[Si](C)(C)C)c1ccc2ccccc2c1. The number of methoxy groups -OCH3 is 1. The summed E-state index contributed by atoms with van der Waals surface area (Å²) in [6.45, 7) is 10.1. The van der Waals surface area contributed by atoms with E-state index < -0.39 is 30.1 Å². The Morgan fingerprint density at radius 1 is 1.15 bits per heavy atom. The normalized spacial score (nSPS) is 13.3. The highest BCUT2D eigenvalue weighted by atomic mass is 32.2. The van der Waals surface area contributed by atoms with Crippen molar-refractivity contribution in [2.24, 2.45) is 0 Å². The third-order valence-electron chi connectivity index (χ3n) is 4.32. The van der Waals surface area contributed by atoms with Crippen molar-refractivity contribution < 1.29 is 17.9 Å². The van der Waals surface area contributed by atoms with E-state index in [-0.39, 0.29) is 11.3 Å². The number of fused-ring (bicyclic) bond motifs is 1. The molecule has 0 radical (unpaired) electrons. The van der Waals surface area contributed by atoms with Crippen molar-refractivity contribution in [3.63, 3.8) is 0 Å². The van der Waals surface area contributed by atoms with Crippen LogP contribution in [0.4, 0.5) is 0 Å². The molecule has 0 aliphatic heterocycles. The van der Waals surface area contributed by atoms with E-state index in [0.29, 0.717) is 11.6 Å². The van der Waals surface area contributed by atoms with Crippen molar-refractivity contribution in [1.82, 2.24) is 4.72 Å². The van der Waals surface area contributed by atoms with E-state index in [1.165, 1.54) is 7.11 Å². The summed E-state index contributed by atoms with van der Waals surface area (Å²) in [5.41, 5.74) is 0.713. The van der Waals surface area contributed by atoms with E-state index in [4.69, 9.17) is 4.74 Å². The fraction of sp³-hybridized carbons (Fsp3) is 0.350. The van der Waals surface area contributed by atoms with Gasteiger partial charge in [-0.05, 0) is 28.4 Å². The highest BCUT2D eigenvalue weighted by molar-refractivity contribution is 7.89. The number of benzene rings is 2. The van der Waals surface area contributed by atoms with Crippen molar-refractivity contribution in [3.05, 3.63) is 60.2 Å². The standard InChI is InChI=1S/C20H27NO4SSi/c1-15(20(22)25-2)19(21-26(23,24)12-13-27(3,4)5)18-11-10-16-8-6-7-9-17(16)14-18/h6-11,14,19,21H,1,12-13H2,2-5H3. The Morgan fingerprint density at radius 3 is 2.37 bits per heavy atom. The number of carbonyl (C=O) groups is 1. The van der Waals surface area contributed by atoms with E-state index >= 15 is 0 Å². The molecule has 1 unspecified atom stereocenters.